The predicted octanol–water partition coefficient (Wildman–Crippen LogP) is 3.52. The van der Waals surface area contributed by atoms with Crippen LogP contribution in [-0.4, -0.2) is 27.5 Å². The van der Waals surface area contributed by atoms with E-state index < -0.39 is 0 Å². The van der Waals surface area contributed by atoms with Gasteiger partial charge in [0.25, 0.3) is 5.56 Å². The van der Waals surface area contributed by atoms with Gasteiger partial charge in [0.15, 0.2) is 0 Å². The Bertz CT molecular complexity index is 1070. The van der Waals surface area contributed by atoms with Crippen molar-refractivity contribution in [2.24, 2.45) is 5.92 Å². The van der Waals surface area contributed by atoms with Crippen LogP contribution in [0.3, 0.4) is 0 Å². The average Bonchev–Trinajstić information content (AvgIpc) is 3.16. The number of piperidine rings is 1. The Balaban J connectivity index is 1.43. The Hall–Kier alpha value is -2.28. The molecule has 5 nitrogen and oxygen atoms in total. The molecule has 30 heavy (non-hydrogen) atoms. The van der Waals surface area contributed by atoms with Gasteiger partial charge in [-0.05, 0) is 37.4 Å². The topological polar surface area (TPSA) is 50.2 Å². The number of pyridine rings is 1. The molecular formula is C24H28N4OS. The Morgan fingerprint density at radius 1 is 1.13 bits per heavy atom. The van der Waals surface area contributed by atoms with Crippen molar-refractivity contribution in [3.8, 4) is 0 Å². The zero-order valence-corrected chi connectivity index (χ0v) is 18.2. The van der Waals surface area contributed by atoms with Gasteiger partial charge in [-0.25, -0.2) is 4.98 Å². The Morgan fingerprint density at radius 3 is 2.80 bits per heavy atom. The third-order valence-electron chi connectivity index (χ3n) is 6.44. The van der Waals surface area contributed by atoms with Crippen molar-refractivity contribution < 1.29 is 0 Å². The molecule has 156 valence electrons. The van der Waals surface area contributed by atoms with E-state index in [0.717, 1.165) is 44.0 Å². The molecule has 0 spiro atoms. The number of thiazole rings is 1. The summed E-state index contributed by atoms with van der Waals surface area (Å²) in [7, 11) is 0. The average molecular weight is 421 g/mol. The van der Waals surface area contributed by atoms with Crippen LogP contribution in [0.2, 0.25) is 0 Å². The lowest BCUT2D eigenvalue weighted by Gasteiger charge is -2.37. The molecule has 2 bridgehead atoms. The van der Waals surface area contributed by atoms with E-state index in [-0.39, 0.29) is 5.56 Å². The summed E-state index contributed by atoms with van der Waals surface area (Å²) in [4.78, 5) is 21.5. The van der Waals surface area contributed by atoms with Crippen LogP contribution in [0.4, 0.5) is 0 Å². The highest BCUT2D eigenvalue weighted by Gasteiger charge is 2.31. The van der Waals surface area contributed by atoms with Crippen LogP contribution < -0.4 is 10.9 Å². The van der Waals surface area contributed by atoms with E-state index in [0.29, 0.717) is 18.4 Å². The van der Waals surface area contributed by atoms with Crippen molar-refractivity contribution in [2.75, 3.05) is 13.1 Å². The first-order valence-corrected chi connectivity index (χ1v) is 11.6. The third-order valence-corrected chi connectivity index (χ3v) is 7.36. The lowest BCUT2D eigenvalue weighted by Crippen LogP contribution is -2.45. The summed E-state index contributed by atoms with van der Waals surface area (Å²) in [5.74, 6) is 1.05. The van der Waals surface area contributed by atoms with E-state index in [1.54, 1.807) is 11.3 Å². The van der Waals surface area contributed by atoms with Crippen LogP contribution in [0.25, 0.3) is 0 Å². The smallest absolute Gasteiger partial charge is 0.255 e. The third kappa shape index (κ3) is 4.00. The van der Waals surface area contributed by atoms with Gasteiger partial charge in [0.1, 0.15) is 0 Å². The van der Waals surface area contributed by atoms with E-state index in [9.17, 15) is 4.79 Å². The second-order valence-electron chi connectivity index (χ2n) is 8.65. The van der Waals surface area contributed by atoms with Crippen LogP contribution in [-0.2, 0) is 26.2 Å². The monoisotopic (exact) mass is 420 g/mol. The van der Waals surface area contributed by atoms with Gasteiger partial charge in [0.05, 0.1) is 11.2 Å². The van der Waals surface area contributed by atoms with E-state index in [1.807, 2.05) is 11.6 Å². The number of nitrogens with one attached hydrogen (secondary N) is 1. The summed E-state index contributed by atoms with van der Waals surface area (Å²) in [5, 5.41) is 3.52. The summed E-state index contributed by atoms with van der Waals surface area (Å²) in [5.41, 5.74) is 6.55. The Labute approximate surface area is 181 Å². The minimum atomic E-state index is 0.197. The zero-order valence-electron chi connectivity index (χ0n) is 17.4. The van der Waals surface area contributed by atoms with Crippen LogP contribution in [0.5, 0.6) is 0 Å². The maximum Gasteiger partial charge on any atom is 0.255 e. The van der Waals surface area contributed by atoms with Gasteiger partial charge in [-0.1, -0.05) is 36.4 Å². The van der Waals surface area contributed by atoms with Crippen molar-refractivity contribution in [1.82, 2.24) is 19.8 Å². The molecule has 1 N–H and O–H groups in total. The Kier molecular flexibility index (Phi) is 5.54. The predicted molar refractivity (Wildman–Crippen MR) is 121 cm³/mol. The molecular weight excluding hydrogens is 392 g/mol. The molecule has 1 aromatic carbocycles. The fourth-order valence-electron chi connectivity index (χ4n) is 4.89. The molecule has 3 aromatic rings. The maximum absolute atomic E-state index is 13.4. The number of aryl methyl sites for hydroxylation is 1. The van der Waals surface area contributed by atoms with Crippen molar-refractivity contribution in [2.45, 2.75) is 45.4 Å². The summed E-state index contributed by atoms with van der Waals surface area (Å²) in [6.07, 6.45) is 1.20. The standard InChI is InChI=1S/C24H28N4OS/c1-17-23(30-16-26-17)15-27(12-18-5-3-2-4-6-18)14-20-7-8-22-21-9-19(10-25-11-21)13-28(22)24(20)29/h2-8,16,19,21,25H,9-15H2,1H3/t19-,21+/m0/s1. The number of hydrogen-bond donors (Lipinski definition) is 1. The minimum Gasteiger partial charge on any atom is -0.316 e. The number of fused-ring (bicyclic) bond motifs is 4. The number of rotatable bonds is 6. The molecule has 0 aliphatic carbocycles. The summed E-state index contributed by atoms with van der Waals surface area (Å²) in [6.45, 7) is 7.19. The van der Waals surface area contributed by atoms with Crippen LogP contribution in [0, 0.1) is 12.8 Å². The van der Waals surface area contributed by atoms with Crippen molar-refractivity contribution in [3.63, 3.8) is 0 Å². The molecule has 2 aliphatic rings. The van der Waals surface area contributed by atoms with Gasteiger partial charge < -0.3 is 9.88 Å². The molecule has 6 heteroatoms. The molecule has 2 atom stereocenters. The van der Waals surface area contributed by atoms with Gasteiger partial charge in [0, 0.05) is 54.8 Å². The highest BCUT2D eigenvalue weighted by atomic mass is 32.1. The highest BCUT2D eigenvalue weighted by Crippen LogP contribution is 2.32. The fourth-order valence-corrected chi connectivity index (χ4v) is 5.71. The second-order valence-corrected chi connectivity index (χ2v) is 9.59. The molecule has 1 saturated heterocycles. The van der Waals surface area contributed by atoms with E-state index in [1.165, 1.54) is 22.6 Å². The van der Waals surface area contributed by atoms with Crippen LogP contribution >= 0.6 is 11.3 Å². The first kappa shape index (κ1) is 19.7. The van der Waals surface area contributed by atoms with Gasteiger partial charge >= 0.3 is 0 Å². The van der Waals surface area contributed by atoms with Crippen LogP contribution in [0.15, 0.2) is 52.8 Å². The highest BCUT2D eigenvalue weighted by molar-refractivity contribution is 7.09. The van der Waals surface area contributed by atoms with E-state index in [2.05, 4.69) is 63.1 Å². The first-order chi connectivity index (χ1) is 14.7. The molecule has 0 unspecified atom stereocenters. The number of benzene rings is 1. The molecule has 0 saturated carbocycles. The van der Waals surface area contributed by atoms with E-state index in [4.69, 9.17) is 0 Å². The molecule has 1 fully saturated rings. The van der Waals surface area contributed by atoms with Gasteiger partial charge in [-0.15, -0.1) is 11.3 Å². The molecule has 0 radical (unpaired) electrons. The zero-order chi connectivity index (χ0) is 20.5. The quantitative estimate of drug-likeness (QED) is 0.663. The maximum atomic E-state index is 13.4. The van der Waals surface area contributed by atoms with Crippen LogP contribution in [0.1, 0.15) is 39.7 Å². The summed E-state index contributed by atoms with van der Waals surface area (Å²) in [6, 6.07) is 14.8. The van der Waals surface area contributed by atoms with Crippen molar-refractivity contribution in [1.29, 1.82) is 0 Å². The molecule has 0 amide bonds. The molecule has 2 aromatic heterocycles. The number of aromatic nitrogens is 2. The summed E-state index contributed by atoms with van der Waals surface area (Å²) < 4.78 is 2.06. The fraction of sp³-hybridized carbons (Fsp3) is 0.417. The van der Waals surface area contributed by atoms with Gasteiger partial charge in [-0.3, -0.25) is 9.69 Å². The van der Waals surface area contributed by atoms with Gasteiger partial charge in [0.2, 0.25) is 0 Å². The number of hydrogen-bond acceptors (Lipinski definition) is 5. The van der Waals surface area contributed by atoms with Crippen molar-refractivity contribution >= 4 is 11.3 Å². The summed E-state index contributed by atoms with van der Waals surface area (Å²) >= 11 is 1.69. The lowest BCUT2D eigenvalue weighted by atomic mass is 9.84. The first-order valence-electron chi connectivity index (χ1n) is 10.8. The number of nitrogens with zero attached hydrogens (tertiary/aromatic N) is 3. The SMILES string of the molecule is Cc1ncsc1CN(Cc1ccccc1)Cc1ccc2n(c1=O)C[C@@H]1CNC[C@H]2C1. The normalized spacial score (nSPS) is 20.3. The minimum absolute atomic E-state index is 0.197. The van der Waals surface area contributed by atoms with Gasteiger partial charge in [-0.2, -0.15) is 0 Å². The molecule has 2 aliphatic heterocycles. The Morgan fingerprint density at radius 2 is 2.00 bits per heavy atom. The van der Waals surface area contributed by atoms with E-state index >= 15 is 0 Å². The lowest BCUT2D eigenvalue weighted by molar-refractivity contribution is 0.240. The molecule has 5 rings (SSSR count). The molecule has 4 heterocycles. The largest absolute Gasteiger partial charge is 0.316 e. The second kappa shape index (κ2) is 8.46. The van der Waals surface area contributed by atoms with Crippen molar-refractivity contribution in [3.05, 3.63) is 85.7 Å².